The monoisotopic (exact) mass is 308 g/mol. The largest absolute Gasteiger partial charge is 0.381 e. The second kappa shape index (κ2) is 7.17. The summed E-state index contributed by atoms with van der Waals surface area (Å²) in [6.07, 6.45) is 4.93. The minimum atomic E-state index is -0.0848. The maximum absolute atomic E-state index is 11.7. The van der Waals surface area contributed by atoms with Crippen LogP contribution >= 0.6 is 11.6 Å². The van der Waals surface area contributed by atoms with Crippen LogP contribution in [0.5, 0.6) is 0 Å². The van der Waals surface area contributed by atoms with Gasteiger partial charge in [0.1, 0.15) is 0 Å². The quantitative estimate of drug-likeness (QED) is 0.869. The Morgan fingerprint density at radius 2 is 2.10 bits per heavy atom. The number of benzene rings is 1. The predicted octanol–water partition coefficient (Wildman–Crippen LogP) is 4.33. The lowest BCUT2D eigenvalue weighted by Gasteiger charge is -2.33. The first-order chi connectivity index (χ1) is 10.0. The Morgan fingerprint density at radius 1 is 1.33 bits per heavy atom. The van der Waals surface area contributed by atoms with Crippen LogP contribution in [0.25, 0.3) is 0 Å². The molecule has 1 amide bonds. The molecular weight excluding hydrogens is 284 g/mol. The van der Waals surface area contributed by atoms with Gasteiger partial charge < -0.3 is 10.6 Å². The highest BCUT2D eigenvalue weighted by atomic mass is 35.5. The Morgan fingerprint density at radius 3 is 2.76 bits per heavy atom. The van der Waals surface area contributed by atoms with E-state index in [1.165, 1.54) is 25.7 Å². The van der Waals surface area contributed by atoms with E-state index >= 15 is 0 Å². The summed E-state index contributed by atoms with van der Waals surface area (Å²) in [6, 6.07) is 5.84. The van der Waals surface area contributed by atoms with Crippen molar-refractivity contribution in [1.29, 1.82) is 0 Å². The zero-order chi connectivity index (χ0) is 15.4. The van der Waals surface area contributed by atoms with Crippen LogP contribution in [-0.2, 0) is 0 Å². The van der Waals surface area contributed by atoms with E-state index in [0.717, 1.165) is 17.5 Å². The van der Waals surface area contributed by atoms with Crippen molar-refractivity contribution >= 4 is 23.2 Å². The first-order valence-corrected chi connectivity index (χ1v) is 8.17. The lowest BCUT2D eigenvalue weighted by molar-refractivity contribution is 0.0963. The summed E-state index contributed by atoms with van der Waals surface area (Å²) in [4.78, 5) is 11.7. The Bertz CT molecular complexity index is 502. The van der Waals surface area contributed by atoms with Crippen LogP contribution in [0.3, 0.4) is 0 Å². The molecule has 1 aliphatic carbocycles. The SMILES string of the molecule is CNC(=O)c1ccc(Cl)c(NC2CCCC(C(C)C)C2)c1. The topological polar surface area (TPSA) is 41.1 Å². The minimum absolute atomic E-state index is 0.0848. The van der Waals surface area contributed by atoms with Gasteiger partial charge in [0.15, 0.2) is 0 Å². The molecule has 0 bridgehead atoms. The zero-order valence-electron chi connectivity index (χ0n) is 13.1. The molecule has 0 saturated heterocycles. The Labute approximate surface area is 132 Å². The number of carbonyl (C=O) groups excluding carboxylic acids is 1. The van der Waals surface area contributed by atoms with E-state index in [0.29, 0.717) is 16.6 Å². The lowest BCUT2D eigenvalue weighted by Crippen LogP contribution is -2.29. The fraction of sp³-hybridized carbons (Fsp3) is 0.588. The molecule has 2 atom stereocenters. The number of hydrogen-bond acceptors (Lipinski definition) is 2. The second-order valence-corrected chi connectivity index (χ2v) is 6.69. The van der Waals surface area contributed by atoms with Crippen molar-refractivity contribution in [3.05, 3.63) is 28.8 Å². The molecular formula is C17H25ClN2O. The highest BCUT2D eigenvalue weighted by Gasteiger charge is 2.24. The smallest absolute Gasteiger partial charge is 0.251 e. The van der Waals surface area contributed by atoms with E-state index in [-0.39, 0.29) is 5.91 Å². The molecule has 1 saturated carbocycles. The molecule has 2 N–H and O–H groups in total. The van der Waals surface area contributed by atoms with Crippen LogP contribution in [0.1, 0.15) is 49.9 Å². The van der Waals surface area contributed by atoms with Gasteiger partial charge in [0, 0.05) is 18.7 Å². The third-order valence-electron chi connectivity index (χ3n) is 4.47. The number of rotatable bonds is 4. The summed E-state index contributed by atoms with van der Waals surface area (Å²) in [6.45, 7) is 4.60. The molecule has 3 nitrogen and oxygen atoms in total. The summed E-state index contributed by atoms with van der Waals surface area (Å²) in [5, 5.41) is 6.86. The fourth-order valence-corrected chi connectivity index (χ4v) is 3.28. The molecule has 0 spiro atoms. The maximum atomic E-state index is 11.7. The van der Waals surface area contributed by atoms with E-state index in [9.17, 15) is 4.79 Å². The van der Waals surface area contributed by atoms with E-state index in [1.807, 2.05) is 6.07 Å². The molecule has 1 aromatic rings. The van der Waals surface area contributed by atoms with Gasteiger partial charge in [-0.3, -0.25) is 4.79 Å². The van der Waals surface area contributed by atoms with E-state index < -0.39 is 0 Å². The predicted molar refractivity (Wildman–Crippen MR) is 89.0 cm³/mol. The van der Waals surface area contributed by atoms with Crippen molar-refractivity contribution in [2.45, 2.75) is 45.6 Å². The van der Waals surface area contributed by atoms with Crippen LogP contribution in [-0.4, -0.2) is 19.0 Å². The van der Waals surface area contributed by atoms with Crippen molar-refractivity contribution in [2.75, 3.05) is 12.4 Å². The summed E-state index contributed by atoms with van der Waals surface area (Å²) in [5.41, 5.74) is 1.51. The molecule has 4 heteroatoms. The average molecular weight is 309 g/mol. The number of amides is 1. The van der Waals surface area contributed by atoms with Crippen molar-refractivity contribution in [3.8, 4) is 0 Å². The van der Waals surface area contributed by atoms with Crippen molar-refractivity contribution in [2.24, 2.45) is 11.8 Å². The van der Waals surface area contributed by atoms with Gasteiger partial charge in [-0.2, -0.15) is 0 Å². The number of nitrogens with one attached hydrogen (secondary N) is 2. The first kappa shape index (κ1) is 16.2. The molecule has 2 unspecified atom stereocenters. The normalized spacial score (nSPS) is 22.1. The molecule has 21 heavy (non-hydrogen) atoms. The van der Waals surface area contributed by atoms with Crippen LogP contribution in [0.4, 0.5) is 5.69 Å². The van der Waals surface area contributed by atoms with E-state index in [1.54, 1.807) is 19.2 Å². The Kier molecular flexibility index (Phi) is 5.51. The van der Waals surface area contributed by atoms with Crippen LogP contribution in [0.15, 0.2) is 18.2 Å². The van der Waals surface area contributed by atoms with E-state index in [4.69, 9.17) is 11.6 Å². The molecule has 0 aromatic heterocycles. The third-order valence-corrected chi connectivity index (χ3v) is 4.80. The summed E-state index contributed by atoms with van der Waals surface area (Å²) in [5.74, 6) is 1.41. The number of halogens is 1. The van der Waals surface area contributed by atoms with Crippen molar-refractivity contribution in [1.82, 2.24) is 5.32 Å². The van der Waals surface area contributed by atoms with Crippen LogP contribution in [0.2, 0.25) is 5.02 Å². The molecule has 1 aromatic carbocycles. The van der Waals surface area contributed by atoms with Gasteiger partial charge in [0.05, 0.1) is 10.7 Å². The standard InChI is InChI=1S/C17H25ClN2O/c1-11(2)12-5-4-6-14(9-12)20-16-10-13(17(21)19-3)7-8-15(16)18/h7-8,10-12,14,20H,4-6,9H2,1-3H3,(H,19,21). The molecule has 1 aliphatic rings. The van der Waals surface area contributed by atoms with Gasteiger partial charge in [-0.15, -0.1) is 0 Å². The van der Waals surface area contributed by atoms with Gasteiger partial charge in [-0.1, -0.05) is 38.3 Å². The van der Waals surface area contributed by atoms with Gasteiger partial charge in [-0.05, 0) is 42.9 Å². The van der Waals surface area contributed by atoms with Crippen molar-refractivity contribution in [3.63, 3.8) is 0 Å². The molecule has 0 radical (unpaired) electrons. The number of carbonyl (C=O) groups is 1. The summed E-state index contributed by atoms with van der Waals surface area (Å²) in [7, 11) is 1.64. The van der Waals surface area contributed by atoms with E-state index in [2.05, 4.69) is 24.5 Å². The molecule has 0 aliphatic heterocycles. The third kappa shape index (κ3) is 4.13. The highest BCUT2D eigenvalue weighted by Crippen LogP contribution is 2.33. The number of anilines is 1. The number of hydrogen-bond donors (Lipinski definition) is 2. The summed E-state index contributed by atoms with van der Waals surface area (Å²) < 4.78 is 0. The van der Waals surface area contributed by atoms with Crippen LogP contribution < -0.4 is 10.6 Å². The van der Waals surface area contributed by atoms with Gasteiger partial charge in [0.2, 0.25) is 0 Å². The molecule has 1 fully saturated rings. The summed E-state index contributed by atoms with van der Waals surface area (Å²) >= 11 is 6.27. The Hall–Kier alpha value is -1.22. The highest BCUT2D eigenvalue weighted by molar-refractivity contribution is 6.33. The zero-order valence-corrected chi connectivity index (χ0v) is 13.8. The maximum Gasteiger partial charge on any atom is 0.251 e. The molecule has 2 rings (SSSR count). The second-order valence-electron chi connectivity index (χ2n) is 6.29. The van der Waals surface area contributed by atoms with Gasteiger partial charge >= 0.3 is 0 Å². The fourth-order valence-electron chi connectivity index (χ4n) is 3.11. The van der Waals surface area contributed by atoms with Gasteiger partial charge in [-0.25, -0.2) is 0 Å². The average Bonchev–Trinajstić information content (AvgIpc) is 2.49. The molecule has 116 valence electrons. The Balaban J connectivity index is 2.09. The molecule has 0 heterocycles. The minimum Gasteiger partial charge on any atom is -0.381 e. The van der Waals surface area contributed by atoms with Gasteiger partial charge in [0.25, 0.3) is 5.91 Å². The van der Waals surface area contributed by atoms with Crippen LogP contribution in [0, 0.1) is 11.8 Å². The first-order valence-electron chi connectivity index (χ1n) is 7.79. The van der Waals surface area contributed by atoms with Crippen molar-refractivity contribution < 1.29 is 4.79 Å². The lowest BCUT2D eigenvalue weighted by atomic mass is 9.79.